The maximum atomic E-state index is 12.7. The minimum atomic E-state index is -3.95. The molecule has 3 aromatic carbocycles. The van der Waals surface area contributed by atoms with E-state index in [-0.39, 0.29) is 16.4 Å². The molecule has 166 valence electrons. The predicted molar refractivity (Wildman–Crippen MR) is 124 cm³/mol. The molecule has 0 saturated heterocycles. The van der Waals surface area contributed by atoms with Crippen LogP contribution in [0.2, 0.25) is 5.02 Å². The van der Waals surface area contributed by atoms with E-state index >= 15 is 0 Å². The van der Waals surface area contributed by atoms with Crippen LogP contribution in [0.3, 0.4) is 0 Å². The van der Waals surface area contributed by atoms with Crippen LogP contribution in [-0.2, 0) is 14.8 Å². The Morgan fingerprint density at radius 3 is 2.31 bits per heavy atom. The first-order chi connectivity index (χ1) is 15.3. The fourth-order valence-corrected chi connectivity index (χ4v) is 4.39. The molecule has 0 saturated carbocycles. The molecule has 0 fully saturated rings. The van der Waals surface area contributed by atoms with E-state index in [4.69, 9.17) is 11.6 Å². The van der Waals surface area contributed by atoms with Gasteiger partial charge >= 0.3 is 0 Å². The number of anilines is 1. The van der Waals surface area contributed by atoms with E-state index in [1.54, 1.807) is 18.2 Å². The van der Waals surface area contributed by atoms with Crippen molar-refractivity contribution >= 4 is 39.1 Å². The van der Waals surface area contributed by atoms with Crippen molar-refractivity contribution in [2.75, 3.05) is 4.72 Å². The third-order valence-corrected chi connectivity index (χ3v) is 6.32. The van der Waals surface area contributed by atoms with Crippen LogP contribution in [0.25, 0.3) is 0 Å². The molecule has 32 heavy (non-hydrogen) atoms. The second-order valence-corrected chi connectivity index (χ2v) is 9.08. The number of sulfonamides is 1. The molecule has 0 spiro atoms. The first kappa shape index (κ1) is 23.3. The van der Waals surface area contributed by atoms with Crippen LogP contribution in [0, 0.1) is 0 Å². The Bertz CT molecular complexity index is 1220. The number of carbonyl (C=O) groups is 2. The van der Waals surface area contributed by atoms with Crippen LogP contribution >= 0.6 is 11.6 Å². The summed E-state index contributed by atoms with van der Waals surface area (Å²) in [4.78, 5) is 24.9. The lowest BCUT2D eigenvalue weighted by Crippen LogP contribution is -2.43. The van der Waals surface area contributed by atoms with E-state index in [1.807, 2.05) is 37.3 Å². The van der Waals surface area contributed by atoms with Gasteiger partial charge in [0.05, 0.1) is 16.5 Å². The second kappa shape index (κ2) is 10.3. The fraction of sp³-hybridized carbons (Fsp3) is 0.130. The number of nitrogens with one attached hydrogen (secondary N) is 3. The molecule has 0 heterocycles. The van der Waals surface area contributed by atoms with Crippen molar-refractivity contribution in [3.05, 3.63) is 95.0 Å². The van der Waals surface area contributed by atoms with Crippen molar-refractivity contribution in [3.63, 3.8) is 0 Å². The zero-order chi connectivity index (χ0) is 23.1. The summed E-state index contributed by atoms with van der Waals surface area (Å²) in [7, 11) is -3.95. The van der Waals surface area contributed by atoms with E-state index in [0.29, 0.717) is 17.1 Å². The molecule has 3 N–H and O–H groups in total. The molecule has 0 aliphatic rings. The normalized spacial score (nSPS) is 11.9. The number of halogens is 1. The molecule has 3 aromatic rings. The van der Waals surface area contributed by atoms with Crippen molar-refractivity contribution in [1.82, 2.24) is 10.9 Å². The van der Waals surface area contributed by atoms with Gasteiger partial charge in [-0.25, -0.2) is 8.42 Å². The highest BCUT2D eigenvalue weighted by molar-refractivity contribution is 7.92. The Labute approximate surface area is 191 Å². The van der Waals surface area contributed by atoms with E-state index in [9.17, 15) is 18.0 Å². The number of carbonyl (C=O) groups excluding carboxylic acids is 2. The molecular formula is C23H22ClN3O4S. The summed E-state index contributed by atoms with van der Waals surface area (Å²) in [6, 6.07) is 21.0. The third kappa shape index (κ3) is 5.87. The van der Waals surface area contributed by atoms with Gasteiger partial charge in [0, 0.05) is 10.6 Å². The molecule has 0 aromatic heterocycles. The number of hydrazine groups is 1. The van der Waals surface area contributed by atoms with E-state index in [2.05, 4.69) is 15.6 Å². The van der Waals surface area contributed by atoms with Gasteiger partial charge in [-0.3, -0.25) is 25.2 Å². The van der Waals surface area contributed by atoms with Gasteiger partial charge in [-0.2, -0.15) is 0 Å². The molecule has 1 atom stereocenters. The molecule has 3 rings (SSSR count). The van der Waals surface area contributed by atoms with Gasteiger partial charge in [0.1, 0.15) is 0 Å². The summed E-state index contributed by atoms with van der Waals surface area (Å²) in [6.07, 6.45) is 0.550. The molecule has 0 bridgehead atoms. The first-order valence-electron chi connectivity index (χ1n) is 9.83. The van der Waals surface area contributed by atoms with Gasteiger partial charge in [0.25, 0.3) is 15.9 Å². The van der Waals surface area contributed by atoms with Crippen molar-refractivity contribution in [1.29, 1.82) is 0 Å². The zero-order valence-electron chi connectivity index (χ0n) is 17.2. The minimum Gasteiger partial charge on any atom is -0.280 e. The lowest BCUT2D eigenvalue weighted by atomic mass is 9.96. The van der Waals surface area contributed by atoms with Crippen molar-refractivity contribution in [3.8, 4) is 0 Å². The Morgan fingerprint density at radius 2 is 1.62 bits per heavy atom. The molecule has 0 radical (unpaired) electrons. The van der Waals surface area contributed by atoms with Gasteiger partial charge < -0.3 is 0 Å². The number of benzene rings is 3. The Balaban J connectivity index is 1.69. The minimum absolute atomic E-state index is 0.0760. The first-order valence-corrected chi connectivity index (χ1v) is 11.7. The third-order valence-electron chi connectivity index (χ3n) is 4.71. The Morgan fingerprint density at radius 1 is 0.906 bits per heavy atom. The van der Waals surface area contributed by atoms with Crippen LogP contribution < -0.4 is 15.6 Å². The number of hydrogen-bond donors (Lipinski definition) is 3. The van der Waals surface area contributed by atoms with Gasteiger partial charge in [-0.1, -0.05) is 61.0 Å². The molecule has 9 heteroatoms. The number of rotatable bonds is 7. The number of hydrogen-bond acceptors (Lipinski definition) is 4. The second-order valence-electron chi connectivity index (χ2n) is 6.96. The Hall–Kier alpha value is -3.36. The molecular weight excluding hydrogens is 450 g/mol. The highest BCUT2D eigenvalue weighted by Crippen LogP contribution is 2.21. The number of amides is 2. The standard InChI is InChI=1S/C23H22ClN3O4S/c1-2-21(16-8-4-3-5-9-16)23(29)26-25-22(28)17-10-6-13-20(14-17)32(30,31)27-19-12-7-11-18(24)15-19/h3-15,21,27H,2H2,1H3,(H,25,28)(H,26,29). The summed E-state index contributed by atoms with van der Waals surface area (Å²) in [5.74, 6) is -1.43. The summed E-state index contributed by atoms with van der Waals surface area (Å²) in [5.41, 5.74) is 5.97. The van der Waals surface area contributed by atoms with Crippen LogP contribution in [-0.4, -0.2) is 20.2 Å². The highest BCUT2D eigenvalue weighted by atomic mass is 35.5. The maximum absolute atomic E-state index is 12.7. The lowest BCUT2D eigenvalue weighted by molar-refractivity contribution is -0.123. The lowest BCUT2D eigenvalue weighted by Gasteiger charge is -2.16. The van der Waals surface area contributed by atoms with Crippen molar-refractivity contribution in [2.45, 2.75) is 24.2 Å². The average Bonchev–Trinajstić information content (AvgIpc) is 2.78. The van der Waals surface area contributed by atoms with Crippen molar-refractivity contribution < 1.29 is 18.0 Å². The van der Waals surface area contributed by atoms with Crippen LogP contribution in [0.4, 0.5) is 5.69 Å². The predicted octanol–water partition coefficient (Wildman–Crippen LogP) is 4.10. The monoisotopic (exact) mass is 471 g/mol. The summed E-state index contributed by atoms with van der Waals surface area (Å²) in [6.45, 7) is 1.88. The van der Waals surface area contributed by atoms with Crippen molar-refractivity contribution in [2.24, 2.45) is 0 Å². The summed E-state index contributed by atoms with van der Waals surface area (Å²) < 4.78 is 27.8. The van der Waals surface area contributed by atoms with Crippen LogP contribution in [0.1, 0.15) is 35.2 Å². The van der Waals surface area contributed by atoms with Crippen LogP contribution in [0.5, 0.6) is 0 Å². The van der Waals surface area contributed by atoms with Crippen LogP contribution in [0.15, 0.2) is 83.8 Å². The van der Waals surface area contributed by atoms with E-state index in [0.717, 1.165) is 5.56 Å². The van der Waals surface area contributed by atoms with E-state index in [1.165, 1.54) is 30.3 Å². The van der Waals surface area contributed by atoms with E-state index < -0.39 is 21.8 Å². The largest absolute Gasteiger partial charge is 0.280 e. The fourth-order valence-electron chi connectivity index (χ4n) is 3.11. The average molecular weight is 472 g/mol. The van der Waals surface area contributed by atoms with Gasteiger partial charge in [-0.05, 0) is 48.4 Å². The molecule has 1 unspecified atom stereocenters. The topological polar surface area (TPSA) is 104 Å². The Kier molecular flexibility index (Phi) is 7.50. The summed E-state index contributed by atoms with van der Waals surface area (Å²) >= 11 is 5.90. The van der Waals surface area contributed by atoms with Gasteiger partial charge in [0.15, 0.2) is 0 Å². The van der Waals surface area contributed by atoms with Gasteiger partial charge in [-0.15, -0.1) is 0 Å². The maximum Gasteiger partial charge on any atom is 0.269 e. The highest BCUT2D eigenvalue weighted by Gasteiger charge is 2.20. The molecule has 7 nitrogen and oxygen atoms in total. The van der Waals surface area contributed by atoms with Gasteiger partial charge in [0.2, 0.25) is 5.91 Å². The summed E-state index contributed by atoms with van der Waals surface area (Å²) in [5, 5.41) is 0.384. The molecule has 0 aliphatic heterocycles. The zero-order valence-corrected chi connectivity index (χ0v) is 18.8. The molecule has 2 amide bonds. The molecule has 0 aliphatic carbocycles. The SMILES string of the molecule is CCC(C(=O)NNC(=O)c1cccc(S(=O)(=O)Nc2cccc(Cl)c2)c1)c1ccccc1. The quantitative estimate of drug-likeness (QED) is 0.451. The smallest absolute Gasteiger partial charge is 0.269 e.